The van der Waals surface area contributed by atoms with Crippen LogP contribution in [-0.2, 0) is 11.2 Å². The van der Waals surface area contributed by atoms with E-state index >= 15 is 0 Å². The summed E-state index contributed by atoms with van der Waals surface area (Å²) in [4.78, 5) is 14.5. The van der Waals surface area contributed by atoms with Gasteiger partial charge in [0.05, 0.1) is 32.8 Å². The van der Waals surface area contributed by atoms with Gasteiger partial charge < -0.3 is 19.1 Å². The zero-order chi connectivity index (χ0) is 21.8. The van der Waals surface area contributed by atoms with Crippen molar-refractivity contribution in [1.82, 2.24) is 10.2 Å². The van der Waals surface area contributed by atoms with Crippen LogP contribution in [0.2, 0.25) is 0 Å². The molecule has 0 saturated carbocycles. The van der Waals surface area contributed by atoms with Gasteiger partial charge in [-0.05, 0) is 42.3 Å². The molecule has 7 nitrogen and oxygen atoms in total. The number of hydrogen-bond donors (Lipinski definition) is 0. The van der Waals surface area contributed by atoms with Crippen molar-refractivity contribution in [1.29, 1.82) is 0 Å². The Morgan fingerprint density at radius 1 is 1.00 bits per heavy atom. The number of carbonyl (C=O) groups excluding carboxylic acids is 1. The molecule has 0 unspecified atom stereocenters. The number of ether oxygens (including phenoxy) is 3. The molecule has 2 aromatic carbocycles. The molecule has 2 heterocycles. The summed E-state index contributed by atoms with van der Waals surface area (Å²) in [5.74, 6) is 2.01. The van der Waals surface area contributed by atoms with Gasteiger partial charge >= 0.3 is 0 Å². The molecule has 3 aromatic rings. The summed E-state index contributed by atoms with van der Waals surface area (Å²) in [7, 11) is 4.71. The highest BCUT2D eigenvalue weighted by atomic mass is 32.2. The summed E-state index contributed by atoms with van der Waals surface area (Å²) in [6.45, 7) is 0.727. The normalized spacial score (nSPS) is 12.4. The van der Waals surface area contributed by atoms with Crippen LogP contribution in [0.25, 0.3) is 11.3 Å². The molecular weight excluding hydrogens is 414 g/mol. The first-order chi connectivity index (χ1) is 15.1. The van der Waals surface area contributed by atoms with Crippen molar-refractivity contribution in [2.75, 3.05) is 38.5 Å². The molecule has 1 amide bonds. The Morgan fingerprint density at radius 3 is 2.39 bits per heavy atom. The van der Waals surface area contributed by atoms with Gasteiger partial charge in [-0.3, -0.25) is 4.79 Å². The number of benzene rings is 2. The second-order valence-corrected chi connectivity index (χ2v) is 7.88. The number of nitrogens with zero attached hydrogens (tertiary/aromatic N) is 3. The highest BCUT2D eigenvalue weighted by Crippen LogP contribution is 2.40. The van der Waals surface area contributed by atoms with Crippen LogP contribution in [0.5, 0.6) is 17.2 Å². The molecule has 1 aliphatic rings. The Labute approximate surface area is 185 Å². The minimum atomic E-state index is 0.0745. The van der Waals surface area contributed by atoms with E-state index in [4.69, 9.17) is 14.2 Å². The van der Waals surface area contributed by atoms with Crippen LogP contribution >= 0.6 is 11.8 Å². The number of fused-ring (bicyclic) bond motifs is 1. The van der Waals surface area contributed by atoms with Crippen LogP contribution < -0.4 is 19.1 Å². The smallest absolute Gasteiger partial charge is 0.237 e. The average Bonchev–Trinajstić information content (AvgIpc) is 3.26. The lowest BCUT2D eigenvalue weighted by Crippen LogP contribution is -2.30. The second-order valence-electron chi connectivity index (χ2n) is 6.88. The van der Waals surface area contributed by atoms with E-state index in [1.165, 1.54) is 17.3 Å². The molecule has 4 rings (SSSR count). The Bertz CT molecular complexity index is 1060. The van der Waals surface area contributed by atoms with Gasteiger partial charge in [0.25, 0.3) is 0 Å². The molecule has 0 spiro atoms. The number of anilines is 1. The van der Waals surface area contributed by atoms with Gasteiger partial charge in [-0.1, -0.05) is 30.0 Å². The van der Waals surface area contributed by atoms with E-state index in [0.29, 0.717) is 33.7 Å². The fourth-order valence-corrected chi connectivity index (χ4v) is 4.28. The van der Waals surface area contributed by atoms with Crippen molar-refractivity contribution in [3.8, 4) is 28.5 Å². The highest BCUT2D eigenvalue weighted by Gasteiger charge is 2.24. The summed E-state index contributed by atoms with van der Waals surface area (Å²) < 4.78 is 16.2. The van der Waals surface area contributed by atoms with Crippen molar-refractivity contribution in [2.45, 2.75) is 11.4 Å². The minimum Gasteiger partial charge on any atom is -0.493 e. The van der Waals surface area contributed by atoms with Crippen LogP contribution in [0, 0.1) is 0 Å². The van der Waals surface area contributed by atoms with Crippen LogP contribution in [0.1, 0.15) is 5.56 Å². The summed E-state index contributed by atoms with van der Waals surface area (Å²) in [6.07, 6.45) is 0.899. The molecule has 0 aliphatic carbocycles. The van der Waals surface area contributed by atoms with Gasteiger partial charge in [0, 0.05) is 17.8 Å². The van der Waals surface area contributed by atoms with Crippen LogP contribution in [0.3, 0.4) is 0 Å². The summed E-state index contributed by atoms with van der Waals surface area (Å²) in [5.41, 5.74) is 3.69. The second kappa shape index (κ2) is 9.26. The molecule has 8 heteroatoms. The first-order valence-corrected chi connectivity index (χ1v) is 10.8. The lowest BCUT2D eigenvalue weighted by molar-refractivity contribution is -0.116. The largest absolute Gasteiger partial charge is 0.493 e. The maximum absolute atomic E-state index is 12.7. The van der Waals surface area contributed by atoms with E-state index in [-0.39, 0.29) is 5.91 Å². The number of carbonyl (C=O) groups is 1. The molecule has 160 valence electrons. The SMILES string of the molecule is COc1cc(-c2ccc(SCC(=O)N3CCc4ccccc43)nn2)cc(OC)c1OC. The molecule has 0 N–H and O–H groups in total. The Kier molecular flexibility index (Phi) is 6.27. The molecule has 0 saturated heterocycles. The molecule has 0 fully saturated rings. The number of para-hydroxylation sites is 1. The maximum atomic E-state index is 12.7. The Hall–Kier alpha value is -3.26. The van der Waals surface area contributed by atoms with Gasteiger partial charge in [-0.2, -0.15) is 0 Å². The van der Waals surface area contributed by atoms with E-state index < -0.39 is 0 Å². The van der Waals surface area contributed by atoms with Crippen molar-refractivity contribution < 1.29 is 19.0 Å². The average molecular weight is 438 g/mol. The highest BCUT2D eigenvalue weighted by molar-refractivity contribution is 7.99. The minimum absolute atomic E-state index is 0.0745. The monoisotopic (exact) mass is 437 g/mol. The number of methoxy groups -OCH3 is 3. The molecule has 0 radical (unpaired) electrons. The third-order valence-electron chi connectivity index (χ3n) is 5.13. The summed E-state index contributed by atoms with van der Waals surface area (Å²) >= 11 is 1.38. The van der Waals surface area contributed by atoms with E-state index in [9.17, 15) is 4.79 Å². The molecule has 1 aromatic heterocycles. The van der Waals surface area contributed by atoms with Crippen LogP contribution in [-0.4, -0.2) is 49.7 Å². The molecular formula is C23H23N3O4S. The zero-order valence-corrected chi connectivity index (χ0v) is 18.4. The van der Waals surface area contributed by atoms with Crippen LogP contribution in [0.15, 0.2) is 53.6 Å². The summed E-state index contributed by atoms with van der Waals surface area (Å²) in [5, 5.41) is 9.29. The molecule has 31 heavy (non-hydrogen) atoms. The standard InChI is InChI=1S/C23H23N3O4S/c1-28-19-12-16(13-20(29-2)23(19)30-3)17-8-9-21(25-24-17)31-14-22(27)26-11-10-15-6-4-5-7-18(15)26/h4-9,12-13H,10-11,14H2,1-3H3. The van der Waals surface area contributed by atoms with E-state index in [1.54, 1.807) is 21.3 Å². The van der Waals surface area contributed by atoms with Crippen molar-refractivity contribution in [2.24, 2.45) is 0 Å². The molecule has 0 atom stereocenters. The van der Waals surface area contributed by atoms with Crippen LogP contribution in [0.4, 0.5) is 5.69 Å². The predicted octanol–water partition coefficient (Wildman–Crippen LogP) is 3.85. The maximum Gasteiger partial charge on any atom is 0.237 e. The number of thioether (sulfide) groups is 1. The fourth-order valence-electron chi connectivity index (χ4n) is 3.59. The van der Waals surface area contributed by atoms with Gasteiger partial charge in [0.1, 0.15) is 5.03 Å². The third kappa shape index (κ3) is 4.29. The van der Waals surface area contributed by atoms with Gasteiger partial charge in [-0.15, -0.1) is 10.2 Å². The van der Waals surface area contributed by atoms with E-state index in [0.717, 1.165) is 24.2 Å². The number of amides is 1. The zero-order valence-electron chi connectivity index (χ0n) is 17.6. The lowest BCUT2D eigenvalue weighted by atomic mass is 10.1. The summed E-state index contributed by atoms with van der Waals surface area (Å²) in [6, 6.07) is 15.4. The fraction of sp³-hybridized carbons (Fsp3) is 0.261. The number of aromatic nitrogens is 2. The van der Waals surface area contributed by atoms with Gasteiger partial charge in [-0.25, -0.2) is 0 Å². The Balaban J connectivity index is 1.45. The number of hydrogen-bond acceptors (Lipinski definition) is 7. The first-order valence-electron chi connectivity index (χ1n) is 9.79. The number of rotatable bonds is 7. The lowest BCUT2D eigenvalue weighted by Gasteiger charge is -2.16. The van der Waals surface area contributed by atoms with Crippen molar-refractivity contribution >= 4 is 23.4 Å². The molecule has 1 aliphatic heterocycles. The van der Waals surface area contributed by atoms with Gasteiger partial charge in [0.2, 0.25) is 11.7 Å². The third-order valence-corrected chi connectivity index (χ3v) is 6.04. The Morgan fingerprint density at radius 2 is 1.74 bits per heavy atom. The quantitative estimate of drug-likeness (QED) is 0.520. The topological polar surface area (TPSA) is 73.8 Å². The molecule has 0 bridgehead atoms. The predicted molar refractivity (Wildman–Crippen MR) is 120 cm³/mol. The first kappa shape index (κ1) is 21.0. The van der Waals surface area contributed by atoms with Crippen molar-refractivity contribution in [3.05, 3.63) is 54.1 Å². The van der Waals surface area contributed by atoms with Gasteiger partial charge in [0.15, 0.2) is 11.5 Å². The van der Waals surface area contributed by atoms with E-state index in [2.05, 4.69) is 16.3 Å². The van der Waals surface area contributed by atoms with E-state index in [1.807, 2.05) is 47.4 Å². The van der Waals surface area contributed by atoms with Crippen molar-refractivity contribution in [3.63, 3.8) is 0 Å².